The second-order valence-electron chi connectivity index (χ2n) is 13.7. The van der Waals surface area contributed by atoms with Crippen LogP contribution in [-0.2, 0) is 6.18 Å². The summed E-state index contributed by atoms with van der Waals surface area (Å²) in [5, 5.41) is -0.183. The van der Waals surface area contributed by atoms with Crippen molar-refractivity contribution in [2.75, 3.05) is 54.1 Å². The lowest BCUT2D eigenvalue weighted by Crippen LogP contribution is -2.52. The number of nitrogens with zero attached hydrogens (tertiary/aromatic N) is 8. The molecule has 7 aromatic rings. The number of halogens is 6. The minimum absolute atomic E-state index is 0.00133. The molecule has 0 unspecified atom stereocenters. The molecule has 0 atom stereocenters. The van der Waals surface area contributed by atoms with Gasteiger partial charge in [-0.15, -0.1) is 0 Å². The van der Waals surface area contributed by atoms with Gasteiger partial charge in [0.25, 0.3) is 11.8 Å². The van der Waals surface area contributed by atoms with Gasteiger partial charge in [0.2, 0.25) is 23.1 Å². The van der Waals surface area contributed by atoms with E-state index in [0.29, 0.717) is 11.0 Å². The van der Waals surface area contributed by atoms with E-state index >= 15 is 0 Å². The molecule has 8 rings (SSSR count). The summed E-state index contributed by atoms with van der Waals surface area (Å²) in [7, 11) is 0. The number of furan rings is 2. The maximum Gasteiger partial charge on any atom is 0.431 e. The number of carbonyl (C=O) groups excluding carboxylic acids is 3. The van der Waals surface area contributed by atoms with Crippen LogP contribution in [0.2, 0.25) is 10.4 Å². The molecule has 336 valence electrons. The van der Waals surface area contributed by atoms with Gasteiger partial charge < -0.3 is 37.6 Å². The zero-order valence-electron chi connectivity index (χ0n) is 33.8. The van der Waals surface area contributed by atoms with Crippen LogP contribution in [0.25, 0.3) is 22.5 Å². The zero-order chi connectivity index (χ0) is 46.0. The third kappa shape index (κ3) is 9.46. The van der Waals surface area contributed by atoms with Crippen LogP contribution >= 0.6 is 23.2 Å². The Morgan fingerprint density at radius 2 is 1.29 bits per heavy atom. The van der Waals surface area contributed by atoms with E-state index in [1.165, 1.54) is 58.3 Å². The fourth-order valence-corrected chi connectivity index (χ4v) is 7.00. The number of amides is 4. The van der Waals surface area contributed by atoms with E-state index in [0.717, 1.165) is 17.0 Å². The highest BCUT2D eigenvalue weighted by Gasteiger charge is 2.38. The maximum absolute atomic E-state index is 15.0. The number of benzene rings is 3. The monoisotopic (exact) mass is 938 g/mol. The molecular formula is C42H32Cl2F4N8O9. The average molecular weight is 940 g/mol. The summed E-state index contributed by atoms with van der Waals surface area (Å²) >= 11 is 12.2. The smallest absolute Gasteiger partial charge is 0.431 e. The van der Waals surface area contributed by atoms with Crippen molar-refractivity contribution >= 4 is 86.9 Å². The summed E-state index contributed by atoms with van der Waals surface area (Å²) in [6, 6.07) is 17.6. The number of hydrogen-bond acceptors (Lipinski definition) is 14. The molecule has 1 saturated heterocycles. The SMILES string of the molecule is CCOc1nc2oc(Cl)cc2nc1N(C(=O)Oc1ccccc1)C(=O)Oc1ccccc1N(C(=O)N1CCN(c2cc(F)cc(C(F)(F)F)c2)CC1)c1nc2cc(Cl)oc2nc1OCC. The van der Waals surface area contributed by atoms with E-state index < -0.39 is 41.6 Å². The van der Waals surface area contributed by atoms with Crippen molar-refractivity contribution < 1.29 is 59.7 Å². The van der Waals surface area contributed by atoms with Gasteiger partial charge in [0.05, 0.1) is 24.5 Å². The van der Waals surface area contributed by atoms with Gasteiger partial charge in [-0.25, -0.2) is 33.6 Å². The number of fused-ring (bicyclic) bond motifs is 2. The van der Waals surface area contributed by atoms with Gasteiger partial charge in [0.1, 0.15) is 22.6 Å². The van der Waals surface area contributed by atoms with Crippen molar-refractivity contribution in [3.05, 3.63) is 107 Å². The summed E-state index contributed by atoms with van der Waals surface area (Å²) in [6.07, 6.45) is -7.52. The molecule has 3 aromatic carbocycles. The maximum atomic E-state index is 15.0. The third-order valence-electron chi connectivity index (χ3n) is 9.49. The Morgan fingerprint density at radius 1 is 0.723 bits per heavy atom. The first-order valence-corrected chi connectivity index (χ1v) is 20.3. The fraction of sp³-hybridized carbons (Fsp3) is 0.214. The first-order valence-electron chi connectivity index (χ1n) is 19.5. The molecule has 1 aliphatic heterocycles. The Balaban J connectivity index is 1.19. The molecule has 5 heterocycles. The Morgan fingerprint density at radius 3 is 1.91 bits per heavy atom. The van der Waals surface area contributed by atoms with Gasteiger partial charge in [-0.2, -0.15) is 28.0 Å². The lowest BCUT2D eigenvalue weighted by molar-refractivity contribution is -0.137. The number of para-hydroxylation sites is 3. The highest BCUT2D eigenvalue weighted by Crippen LogP contribution is 2.41. The van der Waals surface area contributed by atoms with Crippen LogP contribution in [0.4, 0.5) is 55.0 Å². The predicted octanol–water partition coefficient (Wildman–Crippen LogP) is 10.3. The van der Waals surface area contributed by atoms with E-state index in [1.54, 1.807) is 32.0 Å². The van der Waals surface area contributed by atoms with Gasteiger partial charge in [-0.05, 0) is 79.5 Å². The number of aromatic nitrogens is 4. The Labute approximate surface area is 374 Å². The molecule has 0 N–H and O–H groups in total. The summed E-state index contributed by atoms with van der Waals surface area (Å²) in [4.78, 5) is 65.7. The molecular weight excluding hydrogens is 907 g/mol. The summed E-state index contributed by atoms with van der Waals surface area (Å²) in [5.74, 6) is -2.61. The van der Waals surface area contributed by atoms with Crippen molar-refractivity contribution in [1.82, 2.24) is 24.8 Å². The number of rotatable bonds is 10. The van der Waals surface area contributed by atoms with Crippen LogP contribution < -0.4 is 33.6 Å². The van der Waals surface area contributed by atoms with Crippen molar-refractivity contribution in [2.24, 2.45) is 0 Å². The van der Waals surface area contributed by atoms with Crippen molar-refractivity contribution in [1.29, 1.82) is 0 Å². The van der Waals surface area contributed by atoms with Crippen molar-refractivity contribution in [3.63, 3.8) is 0 Å². The van der Waals surface area contributed by atoms with Gasteiger partial charge >= 0.3 is 24.4 Å². The van der Waals surface area contributed by atoms with Crippen LogP contribution in [-0.4, -0.2) is 82.4 Å². The van der Waals surface area contributed by atoms with Gasteiger partial charge in [0.15, 0.2) is 16.2 Å². The molecule has 0 saturated carbocycles. The number of piperazine rings is 1. The lowest BCUT2D eigenvalue weighted by Gasteiger charge is -2.38. The average Bonchev–Trinajstić information content (AvgIpc) is 3.83. The molecule has 0 aliphatic carbocycles. The van der Waals surface area contributed by atoms with E-state index in [-0.39, 0.29) is 113 Å². The summed E-state index contributed by atoms with van der Waals surface area (Å²) < 4.78 is 89.2. The number of anilines is 4. The molecule has 1 aliphatic rings. The Bertz CT molecular complexity index is 2910. The van der Waals surface area contributed by atoms with Gasteiger partial charge in [-0.1, -0.05) is 30.3 Å². The molecule has 0 spiro atoms. The standard InChI is InChI=1S/C42H32Cl2F4N8O9/c1-3-60-37-33(49-27-21-31(43)64-35(27)51-37)55(39(57)54-16-14-53(15-17-54)25-19-23(42(46,47)48)18-24(45)20-25)29-12-8-9-13-30(29)63-41(59)56(40(58)62-26-10-6-5-7-11-26)34-38(61-4-2)52-36-28(50-34)22-32(44)65-36/h5-13,18-22H,3-4,14-17H2,1-2H3. The number of alkyl halides is 3. The largest absolute Gasteiger partial charge is 0.475 e. The van der Waals surface area contributed by atoms with E-state index in [2.05, 4.69) is 19.9 Å². The first kappa shape index (κ1) is 44.2. The van der Waals surface area contributed by atoms with Crippen molar-refractivity contribution in [3.8, 4) is 23.3 Å². The second-order valence-corrected chi connectivity index (χ2v) is 14.4. The fourth-order valence-electron chi connectivity index (χ4n) is 6.65. The number of carbonyl (C=O) groups is 3. The van der Waals surface area contributed by atoms with E-state index in [9.17, 15) is 31.9 Å². The second kappa shape index (κ2) is 18.4. The van der Waals surface area contributed by atoms with Crippen LogP contribution in [0, 0.1) is 5.82 Å². The minimum Gasteiger partial charge on any atom is -0.475 e. The lowest BCUT2D eigenvalue weighted by atomic mass is 10.1. The highest BCUT2D eigenvalue weighted by atomic mass is 35.5. The highest BCUT2D eigenvalue weighted by molar-refractivity contribution is 6.30. The molecule has 65 heavy (non-hydrogen) atoms. The van der Waals surface area contributed by atoms with Gasteiger partial charge in [0, 0.05) is 44.0 Å². The quantitative estimate of drug-likeness (QED) is 0.118. The van der Waals surface area contributed by atoms with Crippen LogP contribution in [0.1, 0.15) is 19.4 Å². The van der Waals surface area contributed by atoms with Crippen LogP contribution in [0.3, 0.4) is 0 Å². The van der Waals surface area contributed by atoms with Gasteiger partial charge in [-0.3, -0.25) is 0 Å². The Kier molecular flexibility index (Phi) is 12.5. The molecule has 0 radical (unpaired) electrons. The van der Waals surface area contributed by atoms with Crippen LogP contribution in [0.15, 0.2) is 93.8 Å². The molecule has 17 nitrogen and oxygen atoms in total. The summed E-state index contributed by atoms with van der Waals surface area (Å²) in [5.41, 5.74) is -1.31. The normalized spacial score (nSPS) is 12.9. The number of hydrogen-bond donors (Lipinski definition) is 0. The minimum atomic E-state index is -4.80. The molecule has 4 amide bonds. The number of imide groups is 1. The molecule has 1 fully saturated rings. The molecule has 0 bridgehead atoms. The first-order chi connectivity index (χ1) is 31.2. The number of urea groups is 1. The van der Waals surface area contributed by atoms with E-state index in [1.807, 2.05) is 0 Å². The molecule has 4 aromatic heterocycles. The third-order valence-corrected chi connectivity index (χ3v) is 9.86. The van der Waals surface area contributed by atoms with Crippen molar-refractivity contribution in [2.45, 2.75) is 20.0 Å². The zero-order valence-corrected chi connectivity index (χ0v) is 35.4. The topological polar surface area (TPSA) is 179 Å². The molecule has 23 heteroatoms. The van der Waals surface area contributed by atoms with E-state index in [4.69, 9.17) is 51.0 Å². The number of ether oxygens (including phenoxy) is 4. The van der Waals surface area contributed by atoms with Crippen LogP contribution in [0.5, 0.6) is 23.3 Å². The Hall–Kier alpha value is -7.39. The predicted molar refractivity (Wildman–Crippen MR) is 226 cm³/mol. The summed E-state index contributed by atoms with van der Waals surface area (Å²) in [6.45, 7) is 3.07.